The molecule has 0 radical (unpaired) electrons. The van der Waals surface area contributed by atoms with E-state index in [1.54, 1.807) is 0 Å². The third kappa shape index (κ3) is 50.4. The third-order valence-electron chi connectivity index (χ3n) is 12.1. The van der Waals surface area contributed by atoms with E-state index >= 15 is 0 Å². The summed E-state index contributed by atoms with van der Waals surface area (Å²) >= 11 is 0. The van der Waals surface area contributed by atoms with E-state index < -0.39 is 6.10 Å². The Labute approximate surface area is 397 Å². The van der Waals surface area contributed by atoms with Gasteiger partial charge in [-0.2, -0.15) is 0 Å². The first kappa shape index (κ1) is 61.4. The van der Waals surface area contributed by atoms with Crippen molar-refractivity contribution in [2.45, 2.75) is 290 Å². The van der Waals surface area contributed by atoms with Gasteiger partial charge >= 0.3 is 17.9 Å². The summed E-state index contributed by atoms with van der Waals surface area (Å²) in [5.41, 5.74) is 0. The minimum atomic E-state index is -0.783. The quantitative estimate of drug-likeness (QED) is 0.0262. The van der Waals surface area contributed by atoms with Crippen molar-refractivity contribution in [3.63, 3.8) is 0 Å². The van der Waals surface area contributed by atoms with Gasteiger partial charge in [0.25, 0.3) is 0 Å². The summed E-state index contributed by atoms with van der Waals surface area (Å²) in [5.74, 6) is -0.900. The van der Waals surface area contributed by atoms with Crippen LogP contribution in [-0.4, -0.2) is 37.2 Å². The molecule has 6 heteroatoms. The molecule has 0 aromatic heterocycles. The smallest absolute Gasteiger partial charge is 0.306 e. The van der Waals surface area contributed by atoms with Gasteiger partial charge in [-0.15, -0.1) is 0 Å². The minimum absolute atomic E-state index is 0.0823. The molecule has 0 aliphatic carbocycles. The molecular weight excluding hydrogens is 793 g/mol. The van der Waals surface area contributed by atoms with Crippen molar-refractivity contribution in [2.75, 3.05) is 13.2 Å². The van der Waals surface area contributed by atoms with Crippen molar-refractivity contribution < 1.29 is 28.6 Å². The average molecular weight is 897 g/mol. The second kappa shape index (κ2) is 53.0. The van der Waals surface area contributed by atoms with Crippen LogP contribution in [0.2, 0.25) is 0 Å². The molecule has 0 saturated carbocycles. The van der Waals surface area contributed by atoms with Crippen LogP contribution >= 0.6 is 0 Å². The van der Waals surface area contributed by atoms with Crippen LogP contribution in [0, 0.1) is 0 Å². The van der Waals surface area contributed by atoms with Gasteiger partial charge in [0.15, 0.2) is 6.10 Å². The summed E-state index contributed by atoms with van der Waals surface area (Å²) in [4.78, 5) is 38.1. The predicted molar refractivity (Wildman–Crippen MR) is 275 cm³/mol. The van der Waals surface area contributed by atoms with Crippen LogP contribution in [0.15, 0.2) is 48.6 Å². The number of esters is 3. The number of allylic oxidation sites excluding steroid dienone is 8. The zero-order valence-electron chi connectivity index (χ0n) is 42.6. The highest BCUT2D eigenvalue weighted by Crippen LogP contribution is 2.16. The number of carbonyl (C=O) groups is 3. The molecule has 0 N–H and O–H groups in total. The predicted octanol–water partition coefficient (Wildman–Crippen LogP) is 18.3. The zero-order chi connectivity index (χ0) is 46.5. The number of unbranched alkanes of at least 4 members (excludes halogenated alkanes) is 31. The van der Waals surface area contributed by atoms with Crippen molar-refractivity contribution in [2.24, 2.45) is 0 Å². The molecule has 0 fully saturated rings. The van der Waals surface area contributed by atoms with Gasteiger partial charge in [-0.1, -0.05) is 230 Å². The maximum Gasteiger partial charge on any atom is 0.306 e. The van der Waals surface area contributed by atoms with Crippen LogP contribution in [0.3, 0.4) is 0 Å². The first-order chi connectivity index (χ1) is 31.5. The van der Waals surface area contributed by atoms with Crippen molar-refractivity contribution in [1.29, 1.82) is 0 Å². The van der Waals surface area contributed by atoms with Crippen LogP contribution in [0.5, 0.6) is 0 Å². The number of hydrogen-bond donors (Lipinski definition) is 0. The van der Waals surface area contributed by atoms with Crippen LogP contribution in [-0.2, 0) is 28.6 Å². The van der Waals surface area contributed by atoms with Crippen LogP contribution in [0.1, 0.15) is 284 Å². The van der Waals surface area contributed by atoms with E-state index in [-0.39, 0.29) is 31.1 Å². The fraction of sp³-hybridized carbons (Fsp3) is 0.810. The lowest BCUT2D eigenvalue weighted by atomic mass is 10.0. The SMILES string of the molecule is CCCCC/C=C/C/C=C/C/C=C/CCCCCCC(=O)OC[C@@H](COC(=O)CCCCCCC/C=C/CCCCCC)OC(=O)CCCCCCCCCCCCCCCCCC. The fourth-order valence-corrected chi connectivity index (χ4v) is 7.86. The molecule has 0 unspecified atom stereocenters. The minimum Gasteiger partial charge on any atom is -0.462 e. The molecule has 0 aliphatic heterocycles. The lowest BCUT2D eigenvalue weighted by Crippen LogP contribution is -2.30. The molecule has 0 saturated heterocycles. The van der Waals surface area contributed by atoms with Crippen molar-refractivity contribution in [1.82, 2.24) is 0 Å². The topological polar surface area (TPSA) is 78.9 Å². The van der Waals surface area contributed by atoms with Crippen LogP contribution < -0.4 is 0 Å². The Balaban J connectivity index is 4.40. The van der Waals surface area contributed by atoms with Gasteiger partial charge in [0, 0.05) is 19.3 Å². The Morgan fingerprint density at radius 1 is 0.312 bits per heavy atom. The summed E-state index contributed by atoms with van der Waals surface area (Å²) in [6, 6.07) is 0. The highest BCUT2D eigenvalue weighted by molar-refractivity contribution is 5.71. The molecule has 6 nitrogen and oxygen atoms in total. The molecular formula is C58H104O6. The zero-order valence-corrected chi connectivity index (χ0v) is 42.6. The van der Waals surface area contributed by atoms with Gasteiger partial charge < -0.3 is 14.2 Å². The first-order valence-electron chi connectivity index (χ1n) is 27.6. The van der Waals surface area contributed by atoms with Gasteiger partial charge in [-0.25, -0.2) is 0 Å². The Morgan fingerprint density at radius 2 is 0.562 bits per heavy atom. The van der Waals surface area contributed by atoms with E-state index in [9.17, 15) is 14.4 Å². The molecule has 0 aliphatic rings. The lowest BCUT2D eigenvalue weighted by Gasteiger charge is -2.18. The Morgan fingerprint density at radius 3 is 0.938 bits per heavy atom. The average Bonchev–Trinajstić information content (AvgIpc) is 3.29. The Hall–Kier alpha value is -2.63. The molecule has 0 bridgehead atoms. The van der Waals surface area contributed by atoms with Gasteiger partial charge in [0.05, 0.1) is 0 Å². The molecule has 0 aromatic rings. The van der Waals surface area contributed by atoms with Gasteiger partial charge in [0.2, 0.25) is 0 Å². The summed E-state index contributed by atoms with van der Waals surface area (Å²) in [5, 5.41) is 0. The molecule has 0 amide bonds. The molecule has 372 valence electrons. The largest absolute Gasteiger partial charge is 0.462 e. The number of carbonyl (C=O) groups excluding carboxylic acids is 3. The van der Waals surface area contributed by atoms with E-state index in [4.69, 9.17) is 14.2 Å². The molecule has 0 spiro atoms. The lowest BCUT2D eigenvalue weighted by molar-refractivity contribution is -0.167. The van der Waals surface area contributed by atoms with Gasteiger partial charge in [-0.05, 0) is 83.5 Å². The summed E-state index contributed by atoms with van der Waals surface area (Å²) in [6.07, 6.45) is 63.8. The molecule has 0 heterocycles. The molecule has 64 heavy (non-hydrogen) atoms. The fourth-order valence-electron chi connectivity index (χ4n) is 7.86. The van der Waals surface area contributed by atoms with Gasteiger partial charge in [0.1, 0.15) is 13.2 Å². The monoisotopic (exact) mass is 897 g/mol. The highest BCUT2D eigenvalue weighted by Gasteiger charge is 2.19. The van der Waals surface area contributed by atoms with Gasteiger partial charge in [-0.3, -0.25) is 14.4 Å². The van der Waals surface area contributed by atoms with Crippen molar-refractivity contribution >= 4 is 17.9 Å². The molecule has 0 aromatic carbocycles. The van der Waals surface area contributed by atoms with E-state index in [1.807, 2.05) is 0 Å². The third-order valence-corrected chi connectivity index (χ3v) is 12.1. The number of rotatable bonds is 50. The van der Waals surface area contributed by atoms with E-state index in [2.05, 4.69) is 69.4 Å². The van der Waals surface area contributed by atoms with E-state index in [0.29, 0.717) is 19.3 Å². The molecule has 0 rings (SSSR count). The summed E-state index contributed by atoms with van der Waals surface area (Å²) in [7, 11) is 0. The normalized spacial score (nSPS) is 12.4. The standard InChI is InChI=1S/C58H104O6/c1-4-7-10-13-16-19-22-25-27-29-31-33-36-39-42-45-48-51-57(60)63-54-55(53-62-56(59)50-47-44-41-38-35-32-24-21-18-15-12-9-6-3)64-58(61)52-49-46-43-40-37-34-30-28-26-23-20-17-14-11-8-5-2/h16,19,21,24-25,27,31,33,55H,4-15,17-18,20,22-23,26,28-30,32,34-54H2,1-3H3/b19-16+,24-21+,27-25+,33-31+/t55-/m1/s1. The number of ether oxygens (including phenoxy) is 3. The van der Waals surface area contributed by atoms with E-state index in [1.165, 1.54) is 154 Å². The van der Waals surface area contributed by atoms with Crippen LogP contribution in [0.25, 0.3) is 0 Å². The maximum atomic E-state index is 12.8. The van der Waals surface area contributed by atoms with E-state index in [0.717, 1.165) is 89.9 Å². The highest BCUT2D eigenvalue weighted by atomic mass is 16.6. The van der Waals surface area contributed by atoms with Crippen LogP contribution in [0.4, 0.5) is 0 Å². The molecule has 1 atom stereocenters. The number of hydrogen-bond acceptors (Lipinski definition) is 6. The second-order valence-electron chi connectivity index (χ2n) is 18.5. The maximum absolute atomic E-state index is 12.8. The van der Waals surface area contributed by atoms with Crippen molar-refractivity contribution in [3.8, 4) is 0 Å². The Kier molecular flexibility index (Phi) is 50.8. The summed E-state index contributed by atoms with van der Waals surface area (Å²) in [6.45, 7) is 6.60. The Bertz CT molecular complexity index is 1120. The van der Waals surface area contributed by atoms with Crippen molar-refractivity contribution in [3.05, 3.63) is 48.6 Å². The summed E-state index contributed by atoms with van der Waals surface area (Å²) < 4.78 is 16.8. The first-order valence-corrected chi connectivity index (χ1v) is 27.6. The second-order valence-corrected chi connectivity index (χ2v) is 18.5.